The van der Waals surface area contributed by atoms with Gasteiger partial charge in [0.15, 0.2) is 0 Å². The van der Waals surface area contributed by atoms with Crippen molar-refractivity contribution in [2.75, 3.05) is 0 Å². The molecule has 0 saturated heterocycles. The summed E-state index contributed by atoms with van der Waals surface area (Å²) < 4.78 is 88.7. The Kier molecular flexibility index (Phi) is 3.48. The Morgan fingerprint density at radius 2 is 1.40 bits per heavy atom. The van der Waals surface area contributed by atoms with Crippen LogP contribution in [0, 0.1) is 0 Å². The molecular formula is C4H7F3O6S2. The van der Waals surface area contributed by atoms with Gasteiger partial charge in [0.25, 0.3) is 10.1 Å². The summed E-state index contributed by atoms with van der Waals surface area (Å²) >= 11 is 0. The van der Waals surface area contributed by atoms with E-state index in [0.717, 1.165) is 0 Å². The first-order valence-corrected chi connectivity index (χ1v) is 6.04. The molecule has 0 aliphatic rings. The summed E-state index contributed by atoms with van der Waals surface area (Å²) in [5.74, 6) is 0. The van der Waals surface area contributed by atoms with Crippen LogP contribution in [-0.4, -0.2) is 31.8 Å². The third-order valence-corrected chi connectivity index (χ3v) is 3.85. The smallest absolute Gasteiger partial charge is 0.283 e. The summed E-state index contributed by atoms with van der Waals surface area (Å²) in [6.07, 6.45) is 0. The second-order valence-electron chi connectivity index (χ2n) is 2.86. The van der Waals surface area contributed by atoms with E-state index in [9.17, 15) is 30.0 Å². The first kappa shape index (κ1) is 14.6. The normalized spacial score (nSPS) is 15.3. The summed E-state index contributed by atoms with van der Waals surface area (Å²) in [5, 5.41) is 0. The molecule has 0 aliphatic carbocycles. The zero-order chi connectivity index (χ0) is 12.7. The van der Waals surface area contributed by atoms with Gasteiger partial charge in [0.05, 0.1) is 0 Å². The summed E-state index contributed by atoms with van der Waals surface area (Å²) in [7, 11) is -11.2. The molecule has 1 N–H and O–H groups in total. The Morgan fingerprint density at radius 1 is 1.07 bits per heavy atom. The van der Waals surface area contributed by atoms with E-state index in [1.54, 1.807) is 0 Å². The zero-order valence-electron chi connectivity index (χ0n) is 7.44. The van der Waals surface area contributed by atoms with E-state index < -0.39 is 30.7 Å². The van der Waals surface area contributed by atoms with E-state index in [0.29, 0.717) is 13.8 Å². The predicted molar refractivity (Wildman–Crippen MR) is 41.7 cm³/mol. The largest absolute Gasteiger partial charge is 0.523 e. The van der Waals surface area contributed by atoms with Crippen molar-refractivity contribution in [1.82, 2.24) is 0 Å². The van der Waals surface area contributed by atoms with Crippen LogP contribution in [0.2, 0.25) is 0 Å². The van der Waals surface area contributed by atoms with Gasteiger partial charge >= 0.3 is 15.6 Å². The molecule has 92 valence electrons. The minimum absolute atomic E-state index is 0.464. The molecule has 0 saturated carbocycles. The predicted octanol–water partition coefficient (Wildman–Crippen LogP) is 0.477. The van der Waals surface area contributed by atoms with Crippen LogP contribution < -0.4 is 0 Å². The lowest BCUT2D eigenvalue weighted by atomic mass is 10.5. The van der Waals surface area contributed by atoms with Gasteiger partial charge in [-0.1, -0.05) is 0 Å². The Balaban J connectivity index is 5.27. The minimum atomic E-state index is -6.08. The molecule has 0 fully saturated rings. The minimum Gasteiger partial charge on any atom is -0.283 e. The standard InChI is InChI=1S/C4H7F3O6S2/c1-3(2,14(8,9)10)13-15(11,12)4(5,6)7/h1-2H3,(H,8,9,10). The molecule has 0 bridgehead atoms. The Labute approximate surface area is 83.9 Å². The number of hydrogen-bond donors (Lipinski definition) is 1. The third kappa shape index (κ3) is 3.29. The maximum Gasteiger partial charge on any atom is 0.523 e. The molecule has 0 radical (unpaired) electrons. The molecule has 0 aromatic rings. The van der Waals surface area contributed by atoms with Crippen molar-refractivity contribution >= 4 is 20.2 Å². The van der Waals surface area contributed by atoms with E-state index in [-0.39, 0.29) is 0 Å². The van der Waals surface area contributed by atoms with Gasteiger partial charge in [-0.15, -0.1) is 0 Å². The van der Waals surface area contributed by atoms with Crippen molar-refractivity contribution in [3.63, 3.8) is 0 Å². The number of rotatable bonds is 3. The van der Waals surface area contributed by atoms with Crippen molar-refractivity contribution in [3.8, 4) is 0 Å². The summed E-state index contributed by atoms with van der Waals surface area (Å²) in [5.41, 5.74) is -5.76. The highest BCUT2D eigenvalue weighted by Crippen LogP contribution is 2.30. The van der Waals surface area contributed by atoms with Crippen LogP contribution in [0.15, 0.2) is 0 Å². The van der Waals surface area contributed by atoms with E-state index in [1.165, 1.54) is 0 Å². The third-order valence-electron chi connectivity index (χ3n) is 1.22. The average molecular weight is 272 g/mol. The summed E-state index contributed by atoms with van der Waals surface area (Å²) in [6.45, 7) is 0.928. The van der Waals surface area contributed by atoms with Crippen molar-refractivity contribution in [1.29, 1.82) is 0 Å². The second-order valence-corrected chi connectivity index (χ2v) is 6.33. The maximum atomic E-state index is 11.8. The molecular weight excluding hydrogens is 265 g/mol. The number of halogens is 3. The van der Waals surface area contributed by atoms with Gasteiger partial charge in [-0.3, -0.25) is 4.55 Å². The molecule has 0 atom stereocenters. The lowest BCUT2D eigenvalue weighted by molar-refractivity contribution is -0.0581. The van der Waals surface area contributed by atoms with E-state index in [4.69, 9.17) is 4.55 Å². The maximum absolute atomic E-state index is 11.8. The van der Waals surface area contributed by atoms with Gasteiger partial charge < -0.3 is 0 Å². The van der Waals surface area contributed by atoms with E-state index in [1.807, 2.05) is 0 Å². The lowest BCUT2D eigenvalue weighted by Gasteiger charge is -2.21. The van der Waals surface area contributed by atoms with Gasteiger partial charge in [0.1, 0.15) is 0 Å². The van der Waals surface area contributed by atoms with Gasteiger partial charge in [-0.2, -0.15) is 30.0 Å². The molecule has 11 heteroatoms. The fraction of sp³-hybridized carbons (Fsp3) is 1.00. The van der Waals surface area contributed by atoms with Crippen LogP contribution in [0.4, 0.5) is 13.2 Å². The molecule has 0 aliphatic heterocycles. The van der Waals surface area contributed by atoms with Crippen LogP contribution >= 0.6 is 0 Å². The molecule has 0 aromatic carbocycles. The van der Waals surface area contributed by atoms with Crippen molar-refractivity contribution < 1.29 is 38.7 Å². The van der Waals surface area contributed by atoms with Crippen LogP contribution in [0.3, 0.4) is 0 Å². The van der Waals surface area contributed by atoms with Gasteiger partial charge in [-0.25, -0.2) is 4.18 Å². The highest BCUT2D eigenvalue weighted by atomic mass is 32.2. The van der Waals surface area contributed by atoms with Crippen molar-refractivity contribution in [2.24, 2.45) is 0 Å². The molecule has 0 aromatic heterocycles. The first-order valence-electron chi connectivity index (χ1n) is 3.20. The Morgan fingerprint density at radius 3 is 1.60 bits per heavy atom. The molecule has 15 heavy (non-hydrogen) atoms. The number of hydrogen-bond acceptors (Lipinski definition) is 5. The summed E-state index contributed by atoms with van der Waals surface area (Å²) in [4.78, 5) is -2.90. The van der Waals surface area contributed by atoms with E-state index >= 15 is 0 Å². The highest BCUT2D eigenvalue weighted by Gasteiger charge is 2.52. The van der Waals surface area contributed by atoms with Crippen LogP contribution in [0.25, 0.3) is 0 Å². The molecule has 0 unspecified atom stereocenters. The Bertz CT molecular complexity index is 429. The second kappa shape index (κ2) is 3.57. The molecule has 0 rings (SSSR count). The molecule has 0 heterocycles. The topological polar surface area (TPSA) is 97.7 Å². The molecule has 0 amide bonds. The van der Waals surface area contributed by atoms with Crippen LogP contribution in [0.5, 0.6) is 0 Å². The lowest BCUT2D eigenvalue weighted by Crippen LogP contribution is -2.40. The average Bonchev–Trinajstić information content (AvgIpc) is 1.77. The van der Waals surface area contributed by atoms with Gasteiger partial charge in [0, 0.05) is 0 Å². The summed E-state index contributed by atoms with van der Waals surface area (Å²) in [6, 6.07) is 0. The fourth-order valence-electron chi connectivity index (χ4n) is 0.354. The molecule has 0 spiro atoms. The van der Waals surface area contributed by atoms with Gasteiger partial charge in [0.2, 0.25) is 4.93 Å². The quantitative estimate of drug-likeness (QED) is 0.456. The Hall–Kier alpha value is -0.390. The van der Waals surface area contributed by atoms with E-state index in [2.05, 4.69) is 4.18 Å². The van der Waals surface area contributed by atoms with Crippen molar-refractivity contribution in [3.05, 3.63) is 0 Å². The molecule has 6 nitrogen and oxygen atoms in total. The monoisotopic (exact) mass is 272 g/mol. The van der Waals surface area contributed by atoms with Gasteiger partial charge in [-0.05, 0) is 13.8 Å². The highest BCUT2D eigenvalue weighted by molar-refractivity contribution is 7.90. The SMILES string of the molecule is CC(C)(OS(=O)(=O)C(F)(F)F)S(=O)(=O)O. The van der Waals surface area contributed by atoms with Crippen molar-refractivity contribution in [2.45, 2.75) is 24.3 Å². The fourth-order valence-corrected chi connectivity index (χ4v) is 1.59. The first-order chi connectivity index (χ1) is 6.21. The van der Waals surface area contributed by atoms with Crippen LogP contribution in [-0.2, 0) is 24.4 Å². The number of alkyl halides is 3. The van der Waals surface area contributed by atoms with Crippen LogP contribution in [0.1, 0.15) is 13.8 Å². The zero-order valence-corrected chi connectivity index (χ0v) is 9.07.